The van der Waals surface area contributed by atoms with E-state index in [4.69, 9.17) is 0 Å². The second kappa shape index (κ2) is 8.16. The number of carbonyl (C=O) groups is 3. The normalized spacial score (nSPS) is 25.0. The van der Waals surface area contributed by atoms with E-state index < -0.39 is 23.3 Å². The number of aliphatic carboxylic acids is 1. The van der Waals surface area contributed by atoms with E-state index in [0.29, 0.717) is 26.1 Å². The average Bonchev–Trinajstić information content (AvgIpc) is 3.20. The molecule has 3 rings (SSSR count). The van der Waals surface area contributed by atoms with Crippen molar-refractivity contribution in [3.05, 3.63) is 22.4 Å². The van der Waals surface area contributed by atoms with Crippen LogP contribution >= 0.6 is 23.7 Å². The quantitative estimate of drug-likeness (QED) is 0.714. The van der Waals surface area contributed by atoms with Gasteiger partial charge in [-0.15, -0.1) is 23.7 Å². The molecule has 7 nitrogen and oxygen atoms in total. The fourth-order valence-corrected chi connectivity index (χ4v) is 4.50. The number of nitrogens with zero attached hydrogens (tertiary/aromatic N) is 1. The first-order chi connectivity index (χ1) is 11.5. The second-order valence-electron chi connectivity index (χ2n) is 6.53. The van der Waals surface area contributed by atoms with Crippen molar-refractivity contribution in [2.24, 2.45) is 11.3 Å². The van der Waals surface area contributed by atoms with Crippen LogP contribution in [0.3, 0.4) is 0 Å². The van der Waals surface area contributed by atoms with Gasteiger partial charge in [0.25, 0.3) is 0 Å². The van der Waals surface area contributed by atoms with Crippen LogP contribution in [-0.2, 0) is 16.1 Å². The van der Waals surface area contributed by atoms with Gasteiger partial charge in [-0.3, -0.25) is 19.8 Å². The summed E-state index contributed by atoms with van der Waals surface area (Å²) < 4.78 is 0. The van der Waals surface area contributed by atoms with Gasteiger partial charge in [0, 0.05) is 18.0 Å². The maximum Gasteiger partial charge on any atom is 0.321 e. The smallest absolute Gasteiger partial charge is 0.321 e. The number of carbonyl (C=O) groups excluding carboxylic acids is 2. The fraction of sp³-hybridized carbons (Fsp3) is 0.562. The minimum absolute atomic E-state index is 0. The second-order valence-corrected chi connectivity index (χ2v) is 7.56. The number of hydrogen-bond donors (Lipinski definition) is 3. The third-order valence-corrected chi connectivity index (χ3v) is 5.87. The lowest BCUT2D eigenvalue weighted by atomic mass is 9.81. The molecule has 3 amide bonds. The van der Waals surface area contributed by atoms with Crippen molar-refractivity contribution in [3.63, 3.8) is 0 Å². The molecule has 25 heavy (non-hydrogen) atoms. The number of amides is 3. The Morgan fingerprint density at radius 1 is 1.40 bits per heavy atom. The Morgan fingerprint density at radius 3 is 2.84 bits per heavy atom. The summed E-state index contributed by atoms with van der Waals surface area (Å²) in [4.78, 5) is 38.2. The zero-order valence-electron chi connectivity index (χ0n) is 13.7. The number of hydrogen-bond acceptors (Lipinski definition) is 5. The van der Waals surface area contributed by atoms with Crippen LogP contribution in [0.15, 0.2) is 17.5 Å². The molecule has 0 bridgehead atoms. The monoisotopic (exact) mass is 387 g/mol. The van der Waals surface area contributed by atoms with E-state index in [2.05, 4.69) is 10.6 Å². The molecule has 1 aromatic heterocycles. The lowest BCUT2D eigenvalue weighted by Gasteiger charge is -2.23. The van der Waals surface area contributed by atoms with E-state index in [1.54, 1.807) is 0 Å². The first kappa shape index (κ1) is 19.7. The number of carboxylic acids is 1. The van der Waals surface area contributed by atoms with Crippen LogP contribution in [-0.4, -0.2) is 47.5 Å². The predicted molar refractivity (Wildman–Crippen MR) is 95.8 cm³/mol. The zero-order valence-corrected chi connectivity index (χ0v) is 15.3. The number of urea groups is 1. The maximum absolute atomic E-state index is 12.0. The van der Waals surface area contributed by atoms with Crippen molar-refractivity contribution in [2.45, 2.75) is 25.8 Å². The Balaban J connectivity index is 0.00000225. The molecule has 2 atom stereocenters. The van der Waals surface area contributed by atoms with Gasteiger partial charge in [0.05, 0.1) is 18.5 Å². The molecule has 1 saturated carbocycles. The van der Waals surface area contributed by atoms with Crippen LogP contribution < -0.4 is 10.6 Å². The van der Waals surface area contributed by atoms with Crippen molar-refractivity contribution in [3.8, 4) is 0 Å². The zero-order chi connectivity index (χ0) is 17.2. The summed E-state index contributed by atoms with van der Waals surface area (Å²) in [7, 11) is 0. The number of likely N-dealkylation sites (tertiary alicyclic amines) is 1. The number of fused-ring (bicyclic) bond motifs is 1. The van der Waals surface area contributed by atoms with E-state index in [1.165, 1.54) is 11.3 Å². The van der Waals surface area contributed by atoms with Crippen LogP contribution in [0.2, 0.25) is 0 Å². The molecule has 1 aliphatic carbocycles. The van der Waals surface area contributed by atoms with Crippen LogP contribution in [0.25, 0.3) is 0 Å². The first-order valence-corrected chi connectivity index (χ1v) is 8.93. The number of imide groups is 1. The Morgan fingerprint density at radius 2 is 2.20 bits per heavy atom. The summed E-state index contributed by atoms with van der Waals surface area (Å²) in [6.07, 6.45) is 2.50. The lowest BCUT2D eigenvalue weighted by Crippen LogP contribution is -2.44. The largest absolute Gasteiger partial charge is 0.481 e. The summed E-state index contributed by atoms with van der Waals surface area (Å²) >= 11 is 1.53. The molecule has 2 heterocycles. The van der Waals surface area contributed by atoms with Gasteiger partial charge in [0.1, 0.15) is 0 Å². The van der Waals surface area contributed by atoms with Crippen LogP contribution in [0, 0.1) is 11.3 Å². The molecule has 0 spiro atoms. The molecule has 1 aromatic rings. The van der Waals surface area contributed by atoms with Crippen molar-refractivity contribution >= 4 is 41.7 Å². The first-order valence-electron chi connectivity index (χ1n) is 8.05. The average molecular weight is 388 g/mol. The number of halogens is 1. The number of nitrogens with one attached hydrogen (secondary N) is 2. The molecule has 0 aromatic carbocycles. The van der Waals surface area contributed by atoms with E-state index in [9.17, 15) is 19.5 Å². The van der Waals surface area contributed by atoms with Gasteiger partial charge in [0.2, 0.25) is 5.91 Å². The molecule has 9 heteroatoms. The summed E-state index contributed by atoms with van der Waals surface area (Å²) in [5.74, 6) is -1.06. The van der Waals surface area contributed by atoms with E-state index in [1.807, 2.05) is 22.4 Å². The molecule has 138 valence electrons. The van der Waals surface area contributed by atoms with Crippen molar-refractivity contribution < 1.29 is 19.5 Å². The van der Waals surface area contributed by atoms with E-state index >= 15 is 0 Å². The van der Waals surface area contributed by atoms with Gasteiger partial charge in [-0.05, 0) is 30.2 Å². The summed E-state index contributed by atoms with van der Waals surface area (Å²) in [5.41, 5.74) is -0.707. The van der Waals surface area contributed by atoms with Gasteiger partial charge >= 0.3 is 12.0 Å². The Bertz CT molecular complexity index is 639. The highest BCUT2D eigenvalue weighted by Crippen LogP contribution is 2.48. The fourth-order valence-electron chi connectivity index (χ4n) is 3.86. The number of carboxylic acid groups (broad SMARTS) is 1. The molecule has 2 aliphatic rings. The van der Waals surface area contributed by atoms with Crippen LogP contribution in [0.5, 0.6) is 0 Å². The lowest BCUT2D eigenvalue weighted by molar-refractivity contribution is -0.149. The SMILES string of the molecule is Cl.O=C(CN1C[C@@H]2CCC[C@@]2(C(=O)O)C1)NC(=O)NCc1cccs1. The minimum atomic E-state index is -0.762. The summed E-state index contributed by atoms with van der Waals surface area (Å²) in [6, 6.07) is 3.27. The number of thiophene rings is 1. The molecule has 0 unspecified atom stereocenters. The van der Waals surface area contributed by atoms with Crippen molar-refractivity contribution in [2.75, 3.05) is 19.6 Å². The Labute approximate surface area is 156 Å². The molecular formula is C16H22ClN3O4S. The van der Waals surface area contributed by atoms with Gasteiger partial charge in [-0.1, -0.05) is 12.5 Å². The van der Waals surface area contributed by atoms with Gasteiger partial charge in [0.15, 0.2) is 0 Å². The van der Waals surface area contributed by atoms with Gasteiger partial charge < -0.3 is 10.4 Å². The van der Waals surface area contributed by atoms with Crippen LogP contribution in [0.4, 0.5) is 4.79 Å². The van der Waals surface area contributed by atoms with Crippen molar-refractivity contribution in [1.29, 1.82) is 0 Å². The predicted octanol–water partition coefficient (Wildman–Crippen LogP) is 1.68. The Kier molecular flexibility index (Phi) is 6.42. The Hall–Kier alpha value is -1.64. The van der Waals surface area contributed by atoms with Gasteiger partial charge in [-0.25, -0.2) is 4.79 Å². The molecular weight excluding hydrogens is 366 g/mol. The van der Waals surface area contributed by atoms with Crippen molar-refractivity contribution in [1.82, 2.24) is 15.5 Å². The molecule has 1 aliphatic heterocycles. The highest BCUT2D eigenvalue weighted by atomic mass is 35.5. The minimum Gasteiger partial charge on any atom is -0.481 e. The molecule has 1 saturated heterocycles. The highest BCUT2D eigenvalue weighted by Gasteiger charge is 2.54. The molecule has 0 radical (unpaired) electrons. The standard InChI is InChI=1S/C16H21N3O4S.ClH/c20-13(18-15(23)17-7-12-4-2-6-24-12)9-19-8-11-3-1-5-16(11,10-19)14(21)22;/h2,4,6,11H,1,3,5,7-10H2,(H,21,22)(H2,17,18,20,23);1H/t11-,16+;/m0./s1. The third-order valence-electron chi connectivity index (χ3n) is 4.99. The maximum atomic E-state index is 12.0. The van der Waals surface area contributed by atoms with Crippen LogP contribution in [0.1, 0.15) is 24.1 Å². The number of rotatable bonds is 5. The topological polar surface area (TPSA) is 98.7 Å². The van der Waals surface area contributed by atoms with Gasteiger partial charge in [-0.2, -0.15) is 0 Å². The molecule has 2 fully saturated rings. The highest BCUT2D eigenvalue weighted by molar-refractivity contribution is 7.09. The van der Waals surface area contributed by atoms with E-state index in [-0.39, 0.29) is 24.9 Å². The van der Waals surface area contributed by atoms with E-state index in [0.717, 1.165) is 17.7 Å². The third kappa shape index (κ3) is 4.31. The summed E-state index contributed by atoms with van der Waals surface area (Å²) in [6.45, 7) is 1.43. The molecule has 3 N–H and O–H groups in total. The summed E-state index contributed by atoms with van der Waals surface area (Å²) in [5, 5.41) is 16.4.